The van der Waals surface area contributed by atoms with Gasteiger partial charge in [0.1, 0.15) is 0 Å². The maximum Gasteiger partial charge on any atom is 0.211 e. The Bertz CT molecular complexity index is 201. The van der Waals surface area contributed by atoms with Gasteiger partial charge < -0.3 is 11.5 Å². The molecule has 5 heteroatoms. The van der Waals surface area contributed by atoms with Crippen LogP contribution in [0.4, 0.5) is 0 Å². The fourth-order valence-electron chi connectivity index (χ4n) is 0.363. The molecule has 0 amide bonds. The van der Waals surface area contributed by atoms with Crippen molar-refractivity contribution in [2.24, 2.45) is 21.7 Å². The van der Waals surface area contributed by atoms with Gasteiger partial charge in [-0.05, 0) is 13.0 Å². The Kier molecular flexibility index (Phi) is 10.8. The van der Waals surface area contributed by atoms with E-state index < -0.39 is 0 Å². The summed E-state index contributed by atoms with van der Waals surface area (Å²) in [6.45, 7) is 1.93. The molecule has 0 radical (unpaired) electrons. The van der Waals surface area contributed by atoms with Crippen LogP contribution in [0.25, 0.3) is 0 Å². The van der Waals surface area contributed by atoms with Crippen molar-refractivity contribution in [1.82, 2.24) is 0 Å². The number of nitrogens with two attached hydrogens (primary N) is 2. The predicted molar refractivity (Wildman–Crippen MR) is 55.5 cm³/mol. The van der Waals surface area contributed by atoms with Crippen molar-refractivity contribution < 1.29 is 0 Å². The first-order valence-corrected chi connectivity index (χ1v) is 3.17. The van der Waals surface area contributed by atoms with Crippen LogP contribution < -0.4 is 11.5 Å². The second-order valence-electron chi connectivity index (χ2n) is 1.70. The minimum atomic E-state index is -0.0410. The number of guanidine groups is 1. The maximum absolute atomic E-state index is 5.01. The molecular formula is C7H13ClN4. The summed E-state index contributed by atoms with van der Waals surface area (Å²) >= 11 is 0. The molecule has 0 aromatic heterocycles. The average Bonchev–Trinajstić information content (AvgIpc) is 1.96. The molecule has 12 heavy (non-hydrogen) atoms. The van der Waals surface area contributed by atoms with Crippen LogP contribution in [0.1, 0.15) is 6.92 Å². The summed E-state index contributed by atoms with van der Waals surface area (Å²) in [6, 6.07) is 0. The van der Waals surface area contributed by atoms with Crippen molar-refractivity contribution in [2.45, 2.75) is 6.92 Å². The number of halogens is 1. The lowest BCUT2D eigenvalue weighted by Crippen LogP contribution is -2.21. The van der Waals surface area contributed by atoms with Gasteiger partial charge >= 0.3 is 0 Å². The summed E-state index contributed by atoms with van der Waals surface area (Å²) in [5.41, 5.74) is 10.0. The second kappa shape index (κ2) is 9.71. The molecular weight excluding hydrogens is 176 g/mol. The van der Waals surface area contributed by atoms with Gasteiger partial charge in [-0.2, -0.15) is 5.10 Å². The average molecular weight is 189 g/mol. The summed E-state index contributed by atoms with van der Waals surface area (Å²) in [6.07, 6.45) is 8.84. The topological polar surface area (TPSA) is 76.8 Å². The zero-order chi connectivity index (χ0) is 8.53. The molecule has 0 rings (SSSR count). The molecule has 0 bridgehead atoms. The van der Waals surface area contributed by atoms with E-state index >= 15 is 0 Å². The van der Waals surface area contributed by atoms with Crippen molar-refractivity contribution in [3.8, 4) is 0 Å². The Morgan fingerprint density at radius 1 is 1.17 bits per heavy atom. The molecule has 0 heterocycles. The largest absolute Gasteiger partial charge is 0.369 e. The molecule has 0 unspecified atom stereocenters. The van der Waals surface area contributed by atoms with E-state index in [2.05, 4.69) is 10.2 Å². The highest BCUT2D eigenvalue weighted by Crippen LogP contribution is 1.74. The third-order valence-electron chi connectivity index (χ3n) is 0.741. The molecule has 0 aliphatic heterocycles. The zero-order valence-electron chi connectivity index (χ0n) is 6.84. The van der Waals surface area contributed by atoms with Gasteiger partial charge in [0, 0.05) is 6.21 Å². The van der Waals surface area contributed by atoms with E-state index in [1.54, 1.807) is 6.08 Å². The SMILES string of the molecule is CC=CC=CC=NN=C(N)N.Cl. The smallest absolute Gasteiger partial charge is 0.211 e. The van der Waals surface area contributed by atoms with Gasteiger partial charge in [-0.1, -0.05) is 18.2 Å². The monoisotopic (exact) mass is 188 g/mol. The van der Waals surface area contributed by atoms with Crippen molar-refractivity contribution in [3.05, 3.63) is 24.3 Å². The van der Waals surface area contributed by atoms with Crippen LogP contribution in [0.15, 0.2) is 34.5 Å². The fourth-order valence-corrected chi connectivity index (χ4v) is 0.363. The first kappa shape index (κ1) is 13.3. The number of hydrogen-bond acceptors (Lipinski definition) is 2. The molecule has 0 aromatic rings. The fraction of sp³-hybridized carbons (Fsp3) is 0.143. The quantitative estimate of drug-likeness (QED) is 0.298. The van der Waals surface area contributed by atoms with Crippen LogP contribution in [-0.4, -0.2) is 12.2 Å². The summed E-state index contributed by atoms with van der Waals surface area (Å²) in [5.74, 6) is -0.0410. The highest BCUT2D eigenvalue weighted by atomic mass is 35.5. The molecule has 0 aliphatic rings. The van der Waals surface area contributed by atoms with E-state index in [1.807, 2.05) is 25.2 Å². The van der Waals surface area contributed by atoms with E-state index in [0.717, 1.165) is 0 Å². The third kappa shape index (κ3) is 11.5. The Morgan fingerprint density at radius 3 is 2.33 bits per heavy atom. The van der Waals surface area contributed by atoms with Crippen molar-refractivity contribution in [2.75, 3.05) is 0 Å². The van der Waals surface area contributed by atoms with Gasteiger partial charge in [0.05, 0.1) is 0 Å². The molecule has 0 spiro atoms. The van der Waals surface area contributed by atoms with Gasteiger partial charge in [0.2, 0.25) is 5.96 Å². The highest BCUT2D eigenvalue weighted by Gasteiger charge is 1.69. The van der Waals surface area contributed by atoms with Crippen molar-refractivity contribution in [3.63, 3.8) is 0 Å². The molecule has 68 valence electrons. The van der Waals surface area contributed by atoms with Crippen LogP contribution >= 0.6 is 12.4 Å². The van der Waals surface area contributed by atoms with E-state index in [9.17, 15) is 0 Å². The molecule has 0 atom stereocenters. The van der Waals surface area contributed by atoms with Gasteiger partial charge in [0.25, 0.3) is 0 Å². The number of allylic oxidation sites excluding steroid dienone is 4. The van der Waals surface area contributed by atoms with Crippen LogP contribution in [0, 0.1) is 0 Å². The number of rotatable bonds is 3. The Morgan fingerprint density at radius 2 is 1.83 bits per heavy atom. The summed E-state index contributed by atoms with van der Waals surface area (Å²) < 4.78 is 0. The second-order valence-corrected chi connectivity index (χ2v) is 1.70. The van der Waals surface area contributed by atoms with Crippen molar-refractivity contribution >= 4 is 24.6 Å². The lowest BCUT2D eigenvalue weighted by Gasteiger charge is -1.80. The van der Waals surface area contributed by atoms with Crippen LogP contribution in [-0.2, 0) is 0 Å². The molecule has 0 aromatic carbocycles. The van der Waals surface area contributed by atoms with Crippen LogP contribution in [0.3, 0.4) is 0 Å². The number of nitrogens with zero attached hydrogens (tertiary/aromatic N) is 2. The Balaban J connectivity index is 0. The van der Waals surface area contributed by atoms with Crippen LogP contribution in [0.2, 0.25) is 0 Å². The molecule has 4 N–H and O–H groups in total. The minimum Gasteiger partial charge on any atom is -0.369 e. The number of hydrogen-bond donors (Lipinski definition) is 2. The maximum atomic E-state index is 5.01. The first-order chi connectivity index (χ1) is 5.27. The van der Waals surface area contributed by atoms with E-state index in [0.29, 0.717) is 0 Å². The molecule has 0 fully saturated rings. The van der Waals surface area contributed by atoms with Crippen LogP contribution in [0.5, 0.6) is 0 Å². The first-order valence-electron chi connectivity index (χ1n) is 3.17. The van der Waals surface area contributed by atoms with E-state index in [4.69, 9.17) is 11.5 Å². The van der Waals surface area contributed by atoms with Crippen molar-refractivity contribution in [1.29, 1.82) is 0 Å². The highest BCUT2D eigenvalue weighted by molar-refractivity contribution is 5.85. The predicted octanol–water partition coefficient (Wildman–Crippen LogP) is 0.800. The van der Waals surface area contributed by atoms with E-state index in [1.165, 1.54) is 6.21 Å². The molecule has 0 saturated heterocycles. The van der Waals surface area contributed by atoms with Gasteiger partial charge in [-0.25, -0.2) is 0 Å². The third-order valence-corrected chi connectivity index (χ3v) is 0.741. The van der Waals surface area contributed by atoms with Gasteiger partial charge in [-0.15, -0.1) is 17.5 Å². The normalized spacial score (nSPS) is 10.8. The molecule has 4 nitrogen and oxygen atoms in total. The Hall–Kier alpha value is -1.29. The molecule has 0 aliphatic carbocycles. The summed E-state index contributed by atoms with van der Waals surface area (Å²) in [4.78, 5) is 0. The Labute approximate surface area is 78.1 Å². The zero-order valence-corrected chi connectivity index (χ0v) is 7.66. The summed E-state index contributed by atoms with van der Waals surface area (Å²) in [5, 5.41) is 6.92. The lowest BCUT2D eigenvalue weighted by molar-refractivity contribution is 1.22. The standard InChI is InChI=1S/C7H12N4.ClH/c1-2-3-4-5-6-10-11-7(8)9;/h2-6H,1H3,(H4,8,9,11);1H. The van der Waals surface area contributed by atoms with Gasteiger partial charge in [0.15, 0.2) is 0 Å². The van der Waals surface area contributed by atoms with E-state index in [-0.39, 0.29) is 18.4 Å². The van der Waals surface area contributed by atoms with Gasteiger partial charge in [-0.3, -0.25) is 0 Å². The minimum absolute atomic E-state index is 0. The lowest BCUT2D eigenvalue weighted by atomic mass is 10.4. The summed E-state index contributed by atoms with van der Waals surface area (Å²) in [7, 11) is 0. The molecule has 0 saturated carbocycles.